The lowest BCUT2D eigenvalue weighted by Gasteiger charge is -2.06. The molecule has 0 aromatic heterocycles. The number of rotatable bonds is 12. The second-order valence-electron chi connectivity index (χ2n) is 5.41. The molecule has 0 saturated carbocycles. The Hall–Kier alpha value is -1.60. The highest BCUT2D eigenvalue weighted by Gasteiger charge is 2.08. The van der Waals surface area contributed by atoms with E-state index in [-0.39, 0.29) is 11.3 Å². The van der Waals surface area contributed by atoms with Gasteiger partial charge in [0.05, 0.1) is 11.5 Å². The minimum absolute atomic E-state index is 0.146. The summed E-state index contributed by atoms with van der Waals surface area (Å²) in [5.41, 5.74) is 0. The Bertz CT molecular complexity index is 565. The largest absolute Gasteiger partial charge is 0.494 e. The molecule has 0 amide bonds. The van der Waals surface area contributed by atoms with Crippen LogP contribution in [0.25, 0.3) is 0 Å². The topological polar surface area (TPSA) is 101 Å². The average Bonchev–Trinajstić information content (AvgIpc) is 2.48. The monoisotopic (exact) mass is 344 g/mol. The molecule has 0 aliphatic carbocycles. The smallest absolute Gasteiger partial charge is 0.303 e. The number of ether oxygens (including phenoxy) is 1. The minimum Gasteiger partial charge on any atom is -0.494 e. The van der Waals surface area contributed by atoms with Crippen LogP contribution < -0.4 is 4.74 Å². The Labute approximate surface area is 137 Å². The van der Waals surface area contributed by atoms with E-state index in [4.69, 9.17) is 14.4 Å². The van der Waals surface area contributed by atoms with Crippen LogP contribution in [-0.4, -0.2) is 30.7 Å². The molecule has 1 aromatic rings. The first-order valence-electron chi connectivity index (χ1n) is 7.82. The molecule has 1 aromatic carbocycles. The Morgan fingerprint density at radius 1 is 0.913 bits per heavy atom. The van der Waals surface area contributed by atoms with Crippen molar-refractivity contribution in [2.45, 2.75) is 56.3 Å². The first kappa shape index (κ1) is 19.4. The van der Waals surface area contributed by atoms with Gasteiger partial charge in [0, 0.05) is 6.42 Å². The van der Waals surface area contributed by atoms with Crippen LogP contribution in [0.15, 0.2) is 29.2 Å². The van der Waals surface area contributed by atoms with Crippen molar-refractivity contribution in [3.05, 3.63) is 24.3 Å². The zero-order chi connectivity index (χ0) is 17.1. The normalized spacial score (nSPS) is 11.3. The van der Waals surface area contributed by atoms with Crippen LogP contribution in [-0.2, 0) is 14.9 Å². The van der Waals surface area contributed by atoms with E-state index in [1.807, 2.05) is 0 Å². The summed E-state index contributed by atoms with van der Waals surface area (Å²) >= 11 is 0. The van der Waals surface area contributed by atoms with E-state index in [0.717, 1.165) is 44.9 Å². The number of carboxylic acid groups (broad SMARTS) is 1. The number of hydrogen-bond donors (Lipinski definition) is 2. The van der Waals surface area contributed by atoms with Crippen molar-refractivity contribution in [1.29, 1.82) is 0 Å². The molecule has 0 aliphatic rings. The van der Waals surface area contributed by atoms with Gasteiger partial charge in [-0.05, 0) is 37.1 Å². The number of aliphatic carboxylic acids is 1. The predicted octanol–water partition coefficient (Wildman–Crippen LogP) is 3.52. The van der Waals surface area contributed by atoms with Gasteiger partial charge in [-0.3, -0.25) is 9.35 Å². The molecule has 0 unspecified atom stereocenters. The van der Waals surface area contributed by atoms with Crippen molar-refractivity contribution in [3.8, 4) is 5.75 Å². The molecule has 2 N–H and O–H groups in total. The predicted molar refractivity (Wildman–Crippen MR) is 86.3 cm³/mol. The maximum atomic E-state index is 10.9. The quantitative estimate of drug-likeness (QED) is 0.444. The number of unbranched alkanes of at least 4 members (excludes halogenated alkanes) is 6. The van der Waals surface area contributed by atoms with Gasteiger partial charge in [-0.15, -0.1) is 0 Å². The molecule has 0 aliphatic heterocycles. The molecule has 130 valence electrons. The van der Waals surface area contributed by atoms with Gasteiger partial charge in [0.2, 0.25) is 0 Å². The molecular weight excluding hydrogens is 320 g/mol. The fraction of sp³-hybridized carbons (Fsp3) is 0.562. The molecule has 6 nitrogen and oxygen atoms in total. The maximum Gasteiger partial charge on any atom is 0.303 e. The SMILES string of the molecule is O=C(O)CCCCCCCCCOc1ccc(S(=O)(=O)O)cc1. The van der Waals surface area contributed by atoms with Gasteiger partial charge in [0.15, 0.2) is 0 Å². The third-order valence-corrected chi connectivity index (χ3v) is 4.29. The average molecular weight is 344 g/mol. The third-order valence-electron chi connectivity index (χ3n) is 3.43. The summed E-state index contributed by atoms with van der Waals surface area (Å²) < 4.78 is 36.1. The number of carboxylic acids is 1. The summed E-state index contributed by atoms with van der Waals surface area (Å²) in [6, 6.07) is 5.65. The second kappa shape index (κ2) is 10.2. The van der Waals surface area contributed by atoms with Crippen LogP contribution in [0, 0.1) is 0 Å². The van der Waals surface area contributed by atoms with Crippen LogP contribution in [0.1, 0.15) is 51.4 Å². The van der Waals surface area contributed by atoms with Crippen LogP contribution in [0.2, 0.25) is 0 Å². The van der Waals surface area contributed by atoms with Gasteiger partial charge in [-0.2, -0.15) is 8.42 Å². The highest BCUT2D eigenvalue weighted by atomic mass is 32.2. The van der Waals surface area contributed by atoms with E-state index >= 15 is 0 Å². The number of hydrogen-bond acceptors (Lipinski definition) is 4. The van der Waals surface area contributed by atoms with Gasteiger partial charge >= 0.3 is 5.97 Å². The summed E-state index contributed by atoms with van der Waals surface area (Å²) in [6.45, 7) is 0.560. The summed E-state index contributed by atoms with van der Waals surface area (Å²) in [6.07, 6.45) is 7.17. The zero-order valence-corrected chi connectivity index (χ0v) is 13.9. The van der Waals surface area contributed by atoms with Crippen LogP contribution in [0.5, 0.6) is 5.75 Å². The molecule has 0 spiro atoms. The second-order valence-corrected chi connectivity index (χ2v) is 6.84. The van der Waals surface area contributed by atoms with Gasteiger partial charge in [-0.25, -0.2) is 0 Å². The third kappa shape index (κ3) is 9.20. The first-order chi connectivity index (χ1) is 10.9. The van der Waals surface area contributed by atoms with E-state index in [1.165, 1.54) is 24.3 Å². The fourth-order valence-corrected chi connectivity index (χ4v) is 2.64. The number of carbonyl (C=O) groups is 1. The molecule has 0 radical (unpaired) electrons. The van der Waals surface area contributed by atoms with Crippen molar-refractivity contribution in [2.24, 2.45) is 0 Å². The van der Waals surface area contributed by atoms with Gasteiger partial charge in [0.1, 0.15) is 5.75 Å². The Kier molecular flexibility index (Phi) is 8.65. The molecule has 0 fully saturated rings. The van der Waals surface area contributed by atoms with Crippen molar-refractivity contribution < 1.29 is 27.6 Å². The molecule has 23 heavy (non-hydrogen) atoms. The van der Waals surface area contributed by atoms with Crippen LogP contribution in [0.4, 0.5) is 0 Å². The summed E-state index contributed by atoms with van der Waals surface area (Å²) in [7, 11) is -4.15. The first-order valence-corrected chi connectivity index (χ1v) is 9.26. The fourth-order valence-electron chi connectivity index (χ4n) is 2.16. The Balaban J connectivity index is 2.04. The molecule has 1 rings (SSSR count). The van der Waals surface area contributed by atoms with Crippen molar-refractivity contribution >= 4 is 16.1 Å². The maximum absolute atomic E-state index is 10.9. The highest BCUT2D eigenvalue weighted by molar-refractivity contribution is 7.85. The van der Waals surface area contributed by atoms with Crippen molar-refractivity contribution in [2.75, 3.05) is 6.61 Å². The van der Waals surface area contributed by atoms with E-state index in [1.54, 1.807) is 0 Å². The van der Waals surface area contributed by atoms with Gasteiger partial charge in [-0.1, -0.05) is 32.1 Å². The molecule has 0 heterocycles. The molecule has 0 atom stereocenters. The molecule has 0 bridgehead atoms. The lowest BCUT2D eigenvalue weighted by Crippen LogP contribution is -2.00. The zero-order valence-electron chi connectivity index (χ0n) is 13.1. The molecular formula is C16H24O6S. The van der Waals surface area contributed by atoms with Crippen molar-refractivity contribution in [1.82, 2.24) is 0 Å². The molecule has 7 heteroatoms. The lowest BCUT2D eigenvalue weighted by atomic mass is 10.1. The van der Waals surface area contributed by atoms with E-state index < -0.39 is 16.1 Å². The summed E-state index contributed by atoms with van der Waals surface area (Å²) in [4.78, 5) is 10.2. The van der Waals surface area contributed by atoms with Crippen molar-refractivity contribution in [3.63, 3.8) is 0 Å². The number of benzene rings is 1. The summed E-state index contributed by atoms with van der Waals surface area (Å²) in [5, 5.41) is 8.51. The highest BCUT2D eigenvalue weighted by Crippen LogP contribution is 2.16. The Morgan fingerprint density at radius 3 is 1.96 bits per heavy atom. The molecule has 0 saturated heterocycles. The van der Waals surface area contributed by atoms with E-state index in [2.05, 4.69) is 0 Å². The lowest BCUT2D eigenvalue weighted by molar-refractivity contribution is -0.137. The van der Waals surface area contributed by atoms with E-state index in [9.17, 15) is 13.2 Å². The standard InChI is InChI=1S/C16H24O6S/c17-16(18)8-6-4-2-1-3-5-7-13-22-14-9-11-15(12-10-14)23(19,20)21/h9-12H,1-8,13H2,(H,17,18)(H,19,20,21). The summed E-state index contributed by atoms with van der Waals surface area (Å²) in [5.74, 6) is -0.155. The van der Waals surface area contributed by atoms with Crippen LogP contribution in [0.3, 0.4) is 0 Å². The van der Waals surface area contributed by atoms with Crippen LogP contribution >= 0.6 is 0 Å². The van der Waals surface area contributed by atoms with Gasteiger partial charge in [0.25, 0.3) is 10.1 Å². The minimum atomic E-state index is -4.15. The Morgan fingerprint density at radius 2 is 1.43 bits per heavy atom. The van der Waals surface area contributed by atoms with E-state index in [0.29, 0.717) is 12.4 Å². The van der Waals surface area contributed by atoms with Gasteiger partial charge < -0.3 is 9.84 Å².